The second-order valence-corrected chi connectivity index (χ2v) is 3.57. The van der Waals surface area contributed by atoms with Gasteiger partial charge < -0.3 is 10.2 Å². The van der Waals surface area contributed by atoms with Crippen molar-refractivity contribution in [2.45, 2.75) is 13.8 Å². The maximum atomic E-state index is 11.5. The smallest absolute Gasteiger partial charge is 0.332 e. The lowest BCUT2D eigenvalue weighted by atomic mass is 10.1. The van der Waals surface area contributed by atoms with Crippen molar-refractivity contribution in [3.63, 3.8) is 0 Å². The molecule has 0 radical (unpaired) electrons. The van der Waals surface area contributed by atoms with Crippen LogP contribution in [0.15, 0.2) is 12.1 Å². The van der Waals surface area contributed by atoms with Crippen molar-refractivity contribution >= 4 is 11.9 Å². The zero-order valence-corrected chi connectivity index (χ0v) is 9.48. The summed E-state index contributed by atoms with van der Waals surface area (Å²) in [6.45, 7) is 2.72. The molecule has 0 aliphatic heterocycles. The Labute approximate surface area is 97.8 Å². The molecule has 0 bridgehead atoms. The molecule has 1 rings (SSSR count). The standard InChI is InChI=1S/C11H13NO5/c1-6-3-8(4-7(2)10(6)15)11(16)12-17-5-9(13)14/h3-4,15H,5H2,1-2H3,(H,12,16)(H,13,14). The van der Waals surface area contributed by atoms with Crippen LogP contribution >= 0.6 is 0 Å². The molecule has 3 N–H and O–H groups in total. The van der Waals surface area contributed by atoms with Crippen LogP contribution in [0.5, 0.6) is 5.75 Å². The summed E-state index contributed by atoms with van der Waals surface area (Å²) in [7, 11) is 0. The Hall–Kier alpha value is -2.08. The monoisotopic (exact) mass is 239 g/mol. The van der Waals surface area contributed by atoms with Crippen molar-refractivity contribution in [3.8, 4) is 5.75 Å². The first-order valence-corrected chi connectivity index (χ1v) is 4.86. The van der Waals surface area contributed by atoms with E-state index in [9.17, 15) is 14.7 Å². The summed E-state index contributed by atoms with van der Waals surface area (Å²) in [5.41, 5.74) is 3.42. The van der Waals surface area contributed by atoms with E-state index in [1.54, 1.807) is 13.8 Å². The Bertz CT molecular complexity index is 432. The summed E-state index contributed by atoms with van der Waals surface area (Å²) >= 11 is 0. The quantitative estimate of drug-likeness (QED) is 0.674. The molecular formula is C11H13NO5. The number of hydroxylamine groups is 1. The molecule has 0 unspecified atom stereocenters. The lowest BCUT2D eigenvalue weighted by Gasteiger charge is -2.08. The average molecular weight is 239 g/mol. The number of amides is 1. The molecule has 0 spiro atoms. The summed E-state index contributed by atoms with van der Waals surface area (Å²) in [6.07, 6.45) is 0. The molecule has 0 saturated carbocycles. The minimum atomic E-state index is -1.18. The Morgan fingerprint density at radius 1 is 1.29 bits per heavy atom. The van der Waals surface area contributed by atoms with Crippen LogP contribution in [-0.4, -0.2) is 28.7 Å². The number of benzene rings is 1. The van der Waals surface area contributed by atoms with E-state index in [4.69, 9.17) is 5.11 Å². The third-order valence-electron chi connectivity index (χ3n) is 2.11. The summed E-state index contributed by atoms with van der Waals surface area (Å²) in [6, 6.07) is 2.98. The van der Waals surface area contributed by atoms with Gasteiger partial charge in [0.15, 0.2) is 6.61 Å². The molecule has 0 saturated heterocycles. The van der Waals surface area contributed by atoms with Crippen molar-refractivity contribution in [2.24, 2.45) is 0 Å². The number of carboxylic acid groups (broad SMARTS) is 1. The van der Waals surface area contributed by atoms with E-state index in [0.717, 1.165) is 0 Å². The average Bonchev–Trinajstić information content (AvgIpc) is 2.24. The highest BCUT2D eigenvalue weighted by molar-refractivity contribution is 5.94. The van der Waals surface area contributed by atoms with E-state index >= 15 is 0 Å². The molecule has 1 aromatic carbocycles. The van der Waals surface area contributed by atoms with Crippen LogP contribution in [0.2, 0.25) is 0 Å². The van der Waals surface area contributed by atoms with Crippen LogP contribution in [0.3, 0.4) is 0 Å². The SMILES string of the molecule is Cc1cc(C(=O)NOCC(=O)O)cc(C)c1O. The zero-order chi connectivity index (χ0) is 13.0. The van der Waals surface area contributed by atoms with Crippen LogP contribution in [0.25, 0.3) is 0 Å². The molecule has 92 valence electrons. The Morgan fingerprint density at radius 3 is 2.29 bits per heavy atom. The van der Waals surface area contributed by atoms with E-state index in [0.29, 0.717) is 16.7 Å². The van der Waals surface area contributed by atoms with E-state index in [1.165, 1.54) is 12.1 Å². The zero-order valence-electron chi connectivity index (χ0n) is 9.48. The Morgan fingerprint density at radius 2 is 1.82 bits per heavy atom. The number of carboxylic acids is 1. The number of phenols is 1. The van der Waals surface area contributed by atoms with Crippen molar-refractivity contribution in [3.05, 3.63) is 28.8 Å². The molecule has 1 amide bonds. The van der Waals surface area contributed by atoms with Gasteiger partial charge in [-0.3, -0.25) is 9.63 Å². The van der Waals surface area contributed by atoms with Crippen LogP contribution in [0, 0.1) is 13.8 Å². The number of hydrogen-bond acceptors (Lipinski definition) is 4. The molecule has 0 heterocycles. The molecule has 6 heteroatoms. The second kappa shape index (κ2) is 5.31. The van der Waals surface area contributed by atoms with Gasteiger partial charge in [0.1, 0.15) is 5.75 Å². The molecule has 17 heavy (non-hydrogen) atoms. The highest BCUT2D eigenvalue weighted by Gasteiger charge is 2.10. The minimum Gasteiger partial charge on any atom is -0.507 e. The van der Waals surface area contributed by atoms with Gasteiger partial charge in [0.05, 0.1) is 0 Å². The van der Waals surface area contributed by atoms with Gasteiger partial charge in [0, 0.05) is 5.56 Å². The first-order chi connectivity index (χ1) is 7.91. The fourth-order valence-electron chi connectivity index (χ4n) is 1.31. The predicted octanol–water partition coefficient (Wildman–Crippen LogP) is 0.755. The lowest BCUT2D eigenvalue weighted by molar-refractivity contribution is -0.144. The topological polar surface area (TPSA) is 95.9 Å². The molecule has 6 nitrogen and oxygen atoms in total. The summed E-state index contributed by atoms with van der Waals surface area (Å²) in [5.74, 6) is -1.60. The van der Waals surface area contributed by atoms with Gasteiger partial charge in [-0.05, 0) is 37.1 Å². The number of nitrogens with one attached hydrogen (secondary N) is 1. The van der Waals surface area contributed by atoms with Crippen molar-refractivity contribution in [1.82, 2.24) is 5.48 Å². The van der Waals surface area contributed by atoms with E-state index in [2.05, 4.69) is 4.84 Å². The molecule has 0 aliphatic rings. The highest BCUT2D eigenvalue weighted by Crippen LogP contribution is 2.22. The van der Waals surface area contributed by atoms with Gasteiger partial charge in [-0.1, -0.05) is 0 Å². The largest absolute Gasteiger partial charge is 0.507 e. The normalized spacial score (nSPS) is 10.0. The minimum absolute atomic E-state index is 0.132. The fourth-order valence-corrected chi connectivity index (χ4v) is 1.31. The van der Waals surface area contributed by atoms with Crippen LogP contribution in [0.4, 0.5) is 0 Å². The van der Waals surface area contributed by atoms with Crippen molar-refractivity contribution in [2.75, 3.05) is 6.61 Å². The number of aromatic hydroxyl groups is 1. The summed E-state index contributed by atoms with van der Waals surface area (Å²) in [4.78, 5) is 26.2. The first-order valence-electron chi connectivity index (χ1n) is 4.86. The number of carbonyl (C=O) groups is 2. The fraction of sp³-hybridized carbons (Fsp3) is 0.273. The predicted molar refractivity (Wildman–Crippen MR) is 58.6 cm³/mol. The van der Waals surface area contributed by atoms with Gasteiger partial charge in [-0.15, -0.1) is 0 Å². The van der Waals surface area contributed by atoms with Crippen molar-refractivity contribution < 1.29 is 24.6 Å². The molecule has 0 aliphatic carbocycles. The third-order valence-corrected chi connectivity index (χ3v) is 2.11. The third kappa shape index (κ3) is 3.46. The summed E-state index contributed by atoms with van der Waals surface area (Å²) in [5, 5.41) is 17.8. The van der Waals surface area contributed by atoms with E-state index in [-0.39, 0.29) is 5.75 Å². The number of aliphatic carboxylic acids is 1. The van der Waals surface area contributed by atoms with Gasteiger partial charge in [0.25, 0.3) is 5.91 Å². The first kappa shape index (κ1) is 13.0. The summed E-state index contributed by atoms with van der Waals surface area (Å²) < 4.78 is 0. The Balaban J connectivity index is 2.73. The number of carbonyl (C=O) groups excluding carboxylic acids is 1. The second-order valence-electron chi connectivity index (χ2n) is 3.57. The van der Waals surface area contributed by atoms with Crippen molar-refractivity contribution in [1.29, 1.82) is 0 Å². The molecular weight excluding hydrogens is 226 g/mol. The van der Waals surface area contributed by atoms with Crippen LogP contribution < -0.4 is 5.48 Å². The molecule has 0 atom stereocenters. The molecule has 0 aromatic heterocycles. The number of aryl methyl sites for hydroxylation is 2. The van der Waals surface area contributed by atoms with Gasteiger partial charge >= 0.3 is 5.97 Å². The van der Waals surface area contributed by atoms with E-state index < -0.39 is 18.5 Å². The molecule has 0 fully saturated rings. The van der Waals surface area contributed by atoms with Crippen LogP contribution in [-0.2, 0) is 9.63 Å². The number of rotatable bonds is 4. The molecule has 1 aromatic rings. The maximum Gasteiger partial charge on any atom is 0.332 e. The number of hydrogen-bond donors (Lipinski definition) is 3. The van der Waals surface area contributed by atoms with Crippen LogP contribution in [0.1, 0.15) is 21.5 Å². The highest BCUT2D eigenvalue weighted by atomic mass is 16.7. The Kier molecular flexibility index (Phi) is 4.06. The van der Waals surface area contributed by atoms with Gasteiger partial charge in [-0.2, -0.15) is 0 Å². The van der Waals surface area contributed by atoms with Gasteiger partial charge in [-0.25, -0.2) is 10.3 Å². The van der Waals surface area contributed by atoms with Gasteiger partial charge in [0.2, 0.25) is 0 Å². The lowest BCUT2D eigenvalue weighted by Crippen LogP contribution is -2.26. The van der Waals surface area contributed by atoms with E-state index in [1.807, 2.05) is 5.48 Å². The maximum absolute atomic E-state index is 11.5. The number of phenolic OH excluding ortho intramolecular Hbond substituents is 1.